The second-order valence-electron chi connectivity index (χ2n) is 2.47. The van der Waals surface area contributed by atoms with Crippen LogP contribution in [0.4, 0.5) is 0 Å². The molecule has 0 heterocycles. The minimum atomic E-state index is 0.661. The van der Waals surface area contributed by atoms with E-state index in [1.165, 1.54) is 0 Å². The van der Waals surface area contributed by atoms with Crippen molar-refractivity contribution in [3.8, 4) is 0 Å². The van der Waals surface area contributed by atoms with Crippen LogP contribution in [-0.4, -0.2) is 7.11 Å². The van der Waals surface area contributed by atoms with Gasteiger partial charge in [-0.3, -0.25) is 0 Å². The van der Waals surface area contributed by atoms with E-state index in [9.17, 15) is 0 Å². The van der Waals surface area contributed by atoms with E-state index in [4.69, 9.17) is 16.3 Å². The molecule has 0 saturated heterocycles. The molecule has 0 fully saturated rings. The van der Waals surface area contributed by atoms with Crippen LogP contribution in [0, 0.1) is 0 Å². The Morgan fingerprint density at radius 3 is 2.08 bits per heavy atom. The van der Waals surface area contributed by atoms with Crippen LogP contribution in [0.5, 0.6) is 0 Å². The Labute approximate surface area is 87.4 Å². The molecule has 78 valence electrons. The predicted octanol–water partition coefficient (Wildman–Crippen LogP) is 4.49. The summed E-state index contributed by atoms with van der Waals surface area (Å²) in [6.07, 6.45) is 1.91. The third kappa shape index (κ3) is 6.71. The second kappa shape index (κ2) is 9.66. The largest absolute Gasteiger partial charge is 0.500 e. The van der Waals surface area contributed by atoms with E-state index in [0.29, 0.717) is 5.03 Å². The molecule has 1 nitrogen and oxygen atoms in total. The van der Waals surface area contributed by atoms with E-state index in [1.807, 2.05) is 20.8 Å². The topological polar surface area (TPSA) is 9.23 Å². The fraction of sp³-hybridized carbons (Fsp3) is 0.636. The van der Waals surface area contributed by atoms with E-state index in [2.05, 4.69) is 13.5 Å². The van der Waals surface area contributed by atoms with Crippen molar-refractivity contribution in [3.63, 3.8) is 0 Å². The molecule has 0 unspecified atom stereocenters. The van der Waals surface area contributed by atoms with Crippen LogP contribution < -0.4 is 0 Å². The highest BCUT2D eigenvalue weighted by Crippen LogP contribution is 2.21. The molecule has 0 saturated carbocycles. The van der Waals surface area contributed by atoms with Crippen molar-refractivity contribution in [1.29, 1.82) is 0 Å². The van der Waals surface area contributed by atoms with Gasteiger partial charge in [0.15, 0.2) is 0 Å². The van der Waals surface area contributed by atoms with Crippen LogP contribution in [0.2, 0.25) is 0 Å². The van der Waals surface area contributed by atoms with Gasteiger partial charge in [0.2, 0.25) is 0 Å². The van der Waals surface area contributed by atoms with E-state index in [0.717, 1.165) is 24.2 Å². The first kappa shape index (κ1) is 15.1. The maximum absolute atomic E-state index is 5.92. The van der Waals surface area contributed by atoms with Crippen molar-refractivity contribution in [2.45, 2.75) is 40.5 Å². The summed E-state index contributed by atoms with van der Waals surface area (Å²) in [6, 6.07) is 0. The first-order valence-electron chi connectivity index (χ1n) is 4.72. The molecular formula is C11H21ClO. The molecule has 0 amide bonds. The third-order valence-electron chi connectivity index (χ3n) is 1.34. The van der Waals surface area contributed by atoms with Gasteiger partial charge in [0.25, 0.3) is 0 Å². The number of hydrogen-bond donors (Lipinski definition) is 0. The fourth-order valence-corrected chi connectivity index (χ4v) is 0.938. The van der Waals surface area contributed by atoms with Gasteiger partial charge in [0.1, 0.15) is 5.76 Å². The van der Waals surface area contributed by atoms with Crippen molar-refractivity contribution >= 4 is 11.6 Å². The highest BCUT2D eigenvalue weighted by atomic mass is 35.5. The first-order valence-corrected chi connectivity index (χ1v) is 5.09. The summed E-state index contributed by atoms with van der Waals surface area (Å²) < 4.78 is 5.10. The Bertz CT molecular complexity index is 171. The van der Waals surface area contributed by atoms with Crippen molar-refractivity contribution in [3.05, 3.63) is 22.9 Å². The monoisotopic (exact) mass is 204 g/mol. The van der Waals surface area contributed by atoms with E-state index >= 15 is 0 Å². The molecule has 0 atom stereocenters. The molecule has 0 bridgehead atoms. The molecule has 0 aromatic heterocycles. The molecule has 0 radical (unpaired) electrons. The number of halogens is 1. The maximum atomic E-state index is 5.92. The zero-order valence-corrected chi connectivity index (χ0v) is 10.2. The number of allylic oxidation sites excluding steroid dienone is 3. The highest BCUT2D eigenvalue weighted by Gasteiger charge is 2.03. The Morgan fingerprint density at radius 1 is 1.38 bits per heavy atom. The summed E-state index contributed by atoms with van der Waals surface area (Å²) in [6.45, 7) is 11.7. The Kier molecular flexibility index (Phi) is 11.2. The molecule has 0 spiro atoms. The van der Waals surface area contributed by atoms with Crippen molar-refractivity contribution < 1.29 is 4.74 Å². The summed E-state index contributed by atoms with van der Waals surface area (Å²) in [5, 5.41) is 0.661. The molecule has 0 aliphatic rings. The lowest BCUT2D eigenvalue weighted by molar-refractivity contribution is 0.274. The Morgan fingerprint density at radius 2 is 1.85 bits per heavy atom. The zero-order valence-electron chi connectivity index (χ0n) is 9.41. The molecule has 0 aliphatic carbocycles. The first-order chi connectivity index (χ1) is 6.13. The lowest BCUT2D eigenvalue weighted by atomic mass is 10.2. The van der Waals surface area contributed by atoms with Crippen molar-refractivity contribution in [2.75, 3.05) is 7.11 Å². The molecule has 0 aliphatic heterocycles. The average Bonchev–Trinajstić information content (AvgIpc) is 2.16. The molecule has 0 aromatic rings. The summed E-state index contributed by atoms with van der Waals surface area (Å²) in [5.41, 5.74) is 0.858. The maximum Gasteiger partial charge on any atom is 0.114 e. The van der Waals surface area contributed by atoms with Crippen LogP contribution in [0.25, 0.3) is 0 Å². The standard InChI is InChI=1S/C9H15ClO.C2H6/c1-5-6-8(11-4)9(10)7(2)3;1-2/h2,5-6H2,1,3-4H3;1-2H3/b9-8-;. The van der Waals surface area contributed by atoms with Gasteiger partial charge >= 0.3 is 0 Å². The minimum Gasteiger partial charge on any atom is -0.500 e. The van der Waals surface area contributed by atoms with Gasteiger partial charge in [-0.05, 0) is 18.9 Å². The summed E-state index contributed by atoms with van der Waals surface area (Å²) in [4.78, 5) is 0. The van der Waals surface area contributed by atoms with E-state index in [1.54, 1.807) is 7.11 Å². The molecule has 0 rings (SSSR count). The van der Waals surface area contributed by atoms with Crippen molar-refractivity contribution in [1.82, 2.24) is 0 Å². The molecular weight excluding hydrogens is 184 g/mol. The van der Waals surface area contributed by atoms with Crippen LogP contribution in [0.1, 0.15) is 40.5 Å². The van der Waals surface area contributed by atoms with Gasteiger partial charge in [-0.1, -0.05) is 39.0 Å². The van der Waals surface area contributed by atoms with Gasteiger partial charge in [-0.15, -0.1) is 0 Å². The lowest BCUT2D eigenvalue weighted by Gasteiger charge is -2.07. The minimum absolute atomic E-state index is 0.661. The van der Waals surface area contributed by atoms with Gasteiger partial charge < -0.3 is 4.74 Å². The van der Waals surface area contributed by atoms with Gasteiger partial charge in [0.05, 0.1) is 12.1 Å². The van der Waals surface area contributed by atoms with E-state index in [-0.39, 0.29) is 0 Å². The second-order valence-corrected chi connectivity index (χ2v) is 2.85. The van der Waals surface area contributed by atoms with Crippen molar-refractivity contribution in [2.24, 2.45) is 0 Å². The van der Waals surface area contributed by atoms with E-state index < -0.39 is 0 Å². The Hall–Kier alpha value is -0.430. The zero-order chi connectivity index (χ0) is 10.9. The van der Waals surface area contributed by atoms with Gasteiger partial charge in [0, 0.05) is 6.42 Å². The quantitative estimate of drug-likeness (QED) is 0.485. The van der Waals surface area contributed by atoms with Crippen LogP contribution in [0.3, 0.4) is 0 Å². The molecule has 2 heteroatoms. The van der Waals surface area contributed by atoms with Crippen LogP contribution in [-0.2, 0) is 4.74 Å². The predicted molar refractivity (Wildman–Crippen MR) is 61.0 cm³/mol. The summed E-state index contributed by atoms with van der Waals surface area (Å²) >= 11 is 5.92. The van der Waals surface area contributed by atoms with Crippen LogP contribution in [0.15, 0.2) is 22.9 Å². The fourth-order valence-electron chi connectivity index (χ4n) is 0.766. The normalized spacial score (nSPS) is 10.9. The van der Waals surface area contributed by atoms with Gasteiger partial charge in [-0.25, -0.2) is 0 Å². The number of rotatable bonds is 4. The highest BCUT2D eigenvalue weighted by molar-refractivity contribution is 6.32. The number of hydrogen-bond acceptors (Lipinski definition) is 1. The average molecular weight is 205 g/mol. The van der Waals surface area contributed by atoms with Gasteiger partial charge in [-0.2, -0.15) is 0 Å². The third-order valence-corrected chi connectivity index (χ3v) is 1.88. The number of methoxy groups -OCH3 is 1. The smallest absolute Gasteiger partial charge is 0.114 e. The Balaban J connectivity index is 0. The SMILES string of the molecule is C=C(C)/C(Cl)=C(\CCC)OC.CC. The summed E-state index contributed by atoms with van der Waals surface area (Å²) in [5.74, 6) is 0.835. The molecule has 0 N–H and O–H groups in total. The number of ether oxygens (including phenoxy) is 1. The molecule has 13 heavy (non-hydrogen) atoms. The lowest BCUT2D eigenvalue weighted by Crippen LogP contribution is -1.90. The molecule has 0 aromatic carbocycles. The summed E-state index contributed by atoms with van der Waals surface area (Å²) in [7, 11) is 1.64. The van der Waals surface area contributed by atoms with Crippen LogP contribution >= 0.6 is 11.6 Å².